The summed E-state index contributed by atoms with van der Waals surface area (Å²) < 4.78 is 0. The third-order valence-electron chi connectivity index (χ3n) is 3.58. The Morgan fingerprint density at radius 3 is 2.70 bits per heavy atom. The number of rotatable bonds is 6. The van der Waals surface area contributed by atoms with Crippen LogP contribution in [-0.4, -0.2) is 44.4 Å². The van der Waals surface area contributed by atoms with Crippen LogP contribution >= 0.6 is 0 Å². The summed E-state index contributed by atoms with van der Waals surface area (Å²) >= 11 is 0. The Labute approximate surface area is 116 Å². The van der Waals surface area contributed by atoms with Gasteiger partial charge in [0.25, 0.3) is 0 Å². The molecule has 1 aliphatic rings. The number of nitrogens with two attached hydrogens (primary N) is 1. The Bertz CT molecular complexity index is 500. The van der Waals surface area contributed by atoms with Gasteiger partial charge in [-0.15, -0.1) is 0 Å². The number of hydrogen-bond donors (Lipinski definition) is 2. The van der Waals surface area contributed by atoms with Gasteiger partial charge in [-0.3, -0.25) is 9.69 Å². The molecule has 1 amide bonds. The van der Waals surface area contributed by atoms with Crippen LogP contribution in [0, 0.1) is 0 Å². The number of carboxylic acid groups (broad SMARTS) is 1. The van der Waals surface area contributed by atoms with Gasteiger partial charge < -0.3 is 10.8 Å². The van der Waals surface area contributed by atoms with Gasteiger partial charge in [-0.25, -0.2) is 14.8 Å². The molecule has 20 heavy (non-hydrogen) atoms. The smallest absolute Gasteiger partial charge is 0.339 e. The van der Waals surface area contributed by atoms with E-state index in [1.807, 2.05) is 4.90 Å². The van der Waals surface area contributed by atoms with E-state index in [9.17, 15) is 9.59 Å². The fourth-order valence-electron chi connectivity index (χ4n) is 2.64. The van der Waals surface area contributed by atoms with E-state index in [2.05, 4.69) is 9.97 Å². The first-order valence-corrected chi connectivity index (χ1v) is 6.62. The molecule has 0 aliphatic heterocycles. The lowest BCUT2D eigenvalue weighted by atomic mass is 10.1. The standard InChI is InChI=1S/C13H18N4O3/c14-12(18)7-17(9-3-1-2-4-9)6-11-10(13(19)20)5-15-8-16-11/h5,8-9H,1-4,6-7H2,(H2,14,18)(H,19,20). The van der Waals surface area contributed by atoms with Gasteiger partial charge in [0.15, 0.2) is 0 Å². The normalized spacial score (nSPS) is 15.7. The number of amides is 1. The van der Waals surface area contributed by atoms with Gasteiger partial charge in [-0.1, -0.05) is 12.8 Å². The molecule has 7 nitrogen and oxygen atoms in total. The van der Waals surface area contributed by atoms with E-state index in [1.165, 1.54) is 12.5 Å². The second-order valence-corrected chi connectivity index (χ2v) is 5.00. The maximum atomic E-state index is 11.2. The molecule has 1 aromatic heterocycles. The largest absolute Gasteiger partial charge is 0.478 e. The van der Waals surface area contributed by atoms with Crippen molar-refractivity contribution in [1.29, 1.82) is 0 Å². The zero-order chi connectivity index (χ0) is 14.5. The summed E-state index contributed by atoms with van der Waals surface area (Å²) in [7, 11) is 0. The Morgan fingerprint density at radius 2 is 2.10 bits per heavy atom. The second kappa shape index (κ2) is 6.42. The molecule has 0 atom stereocenters. The first kappa shape index (κ1) is 14.4. The van der Waals surface area contributed by atoms with Crippen LogP contribution in [0.1, 0.15) is 41.7 Å². The molecule has 0 saturated heterocycles. The monoisotopic (exact) mass is 278 g/mol. The lowest BCUT2D eigenvalue weighted by Gasteiger charge is -2.27. The SMILES string of the molecule is NC(=O)CN(Cc1ncncc1C(=O)O)C1CCCC1. The Kier molecular flexibility index (Phi) is 4.62. The topological polar surface area (TPSA) is 109 Å². The maximum absolute atomic E-state index is 11.2. The van der Waals surface area contributed by atoms with Crippen molar-refractivity contribution < 1.29 is 14.7 Å². The molecule has 0 radical (unpaired) electrons. The summed E-state index contributed by atoms with van der Waals surface area (Å²) in [6.07, 6.45) is 6.84. The molecule has 1 aromatic rings. The molecule has 1 saturated carbocycles. The number of carboxylic acids is 1. The van der Waals surface area contributed by atoms with Gasteiger partial charge in [0, 0.05) is 18.8 Å². The molecular formula is C13H18N4O3. The number of hydrogen-bond acceptors (Lipinski definition) is 5. The zero-order valence-electron chi connectivity index (χ0n) is 11.2. The molecule has 2 rings (SSSR count). The van der Waals surface area contributed by atoms with Crippen LogP contribution in [0.15, 0.2) is 12.5 Å². The van der Waals surface area contributed by atoms with E-state index in [1.54, 1.807) is 0 Å². The van der Waals surface area contributed by atoms with Crippen molar-refractivity contribution in [2.75, 3.05) is 6.54 Å². The molecule has 108 valence electrons. The number of aromatic nitrogens is 2. The highest BCUT2D eigenvalue weighted by Gasteiger charge is 2.25. The van der Waals surface area contributed by atoms with E-state index in [0.717, 1.165) is 25.7 Å². The fourth-order valence-corrected chi connectivity index (χ4v) is 2.64. The van der Waals surface area contributed by atoms with Crippen molar-refractivity contribution in [3.63, 3.8) is 0 Å². The van der Waals surface area contributed by atoms with Crippen molar-refractivity contribution in [3.8, 4) is 0 Å². The number of primary amides is 1. The van der Waals surface area contributed by atoms with Gasteiger partial charge in [0.1, 0.15) is 11.9 Å². The molecule has 3 N–H and O–H groups in total. The average molecular weight is 278 g/mol. The van der Waals surface area contributed by atoms with Crippen molar-refractivity contribution in [3.05, 3.63) is 23.8 Å². The molecule has 0 bridgehead atoms. The molecule has 1 aliphatic carbocycles. The summed E-state index contributed by atoms with van der Waals surface area (Å²) in [4.78, 5) is 32.0. The third kappa shape index (κ3) is 3.51. The summed E-state index contributed by atoms with van der Waals surface area (Å²) in [6, 6.07) is 0.263. The number of aromatic carboxylic acids is 1. The first-order valence-electron chi connectivity index (χ1n) is 6.62. The predicted octanol–water partition coefficient (Wildman–Crippen LogP) is 0.405. The molecule has 7 heteroatoms. The number of nitrogens with zero attached hydrogens (tertiary/aromatic N) is 3. The van der Waals surface area contributed by atoms with Crippen LogP contribution < -0.4 is 5.73 Å². The average Bonchev–Trinajstić information content (AvgIpc) is 2.91. The van der Waals surface area contributed by atoms with Crippen molar-refractivity contribution in [2.24, 2.45) is 5.73 Å². The van der Waals surface area contributed by atoms with Gasteiger partial charge in [-0.05, 0) is 12.8 Å². The van der Waals surface area contributed by atoms with Crippen LogP contribution in [0.3, 0.4) is 0 Å². The molecule has 0 aromatic carbocycles. The van der Waals surface area contributed by atoms with Crippen LogP contribution in [0.4, 0.5) is 0 Å². The first-order chi connectivity index (χ1) is 9.58. The summed E-state index contributed by atoms with van der Waals surface area (Å²) in [5, 5.41) is 9.14. The fraction of sp³-hybridized carbons (Fsp3) is 0.538. The van der Waals surface area contributed by atoms with Gasteiger partial charge >= 0.3 is 5.97 Å². The minimum Gasteiger partial charge on any atom is -0.478 e. The lowest BCUT2D eigenvalue weighted by Crippen LogP contribution is -2.40. The summed E-state index contributed by atoms with van der Waals surface area (Å²) in [6.45, 7) is 0.422. The van der Waals surface area contributed by atoms with Gasteiger partial charge in [0.05, 0.1) is 12.2 Å². The third-order valence-corrected chi connectivity index (χ3v) is 3.58. The molecule has 0 unspecified atom stereocenters. The van der Waals surface area contributed by atoms with Gasteiger partial charge in [-0.2, -0.15) is 0 Å². The highest BCUT2D eigenvalue weighted by molar-refractivity contribution is 5.88. The van der Waals surface area contributed by atoms with Crippen molar-refractivity contribution in [1.82, 2.24) is 14.9 Å². The van der Waals surface area contributed by atoms with E-state index >= 15 is 0 Å². The molecule has 1 fully saturated rings. The Morgan fingerprint density at radius 1 is 1.40 bits per heavy atom. The summed E-state index contributed by atoms with van der Waals surface area (Å²) in [5.74, 6) is -1.48. The van der Waals surface area contributed by atoms with Crippen molar-refractivity contribution >= 4 is 11.9 Å². The number of carbonyl (C=O) groups excluding carboxylic acids is 1. The molecule has 1 heterocycles. The molecular weight excluding hydrogens is 260 g/mol. The van der Waals surface area contributed by atoms with E-state index in [4.69, 9.17) is 10.8 Å². The Hall–Kier alpha value is -2.02. The highest BCUT2D eigenvalue weighted by Crippen LogP contribution is 2.24. The van der Waals surface area contributed by atoms with E-state index in [-0.39, 0.29) is 18.2 Å². The predicted molar refractivity (Wildman–Crippen MR) is 70.9 cm³/mol. The van der Waals surface area contributed by atoms with Crippen LogP contribution in [0.25, 0.3) is 0 Å². The quantitative estimate of drug-likeness (QED) is 0.779. The van der Waals surface area contributed by atoms with E-state index < -0.39 is 11.9 Å². The zero-order valence-corrected chi connectivity index (χ0v) is 11.2. The maximum Gasteiger partial charge on any atom is 0.339 e. The van der Waals surface area contributed by atoms with Crippen molar-refractivity contribution in [2.45, 2.75) is 38.3 Å². The second-order valence-electron chi connectivity index (χ2n) is 5.00. The lowest BCUT2D eigenvalue weighted by molar-refractivity contribution is -0.119. The highest BCUT2D eigenvalue weighted by atomic mass is 16.4. The Balaban J connectivity index is 2.18. The van der Waals surface area contributed by atoms with Crippen LogP contribution in [-0.2, 0) is 11.3 Å². The molecule has 0 spiro atoms. The minimum absolute atomic E-state index is 0.0694. The summed E-state index contributed by atoms with van der Waals surface area (Å²) in [5.41, 5.74) is 5.77. The number of carbonyl (C=O) groups is 2. The van der Waals surface area contributed by atoms with Crippen LogP contribution in [0.5, 0.6) is 0 Å². The van der Waals surface area contributed by atoms with E-state index in [0.29, 0.717) is 12.2 Å². The van der Waals surface area contributed by atoms with Gasteiger partial charge in [0.2, 0.25) is 5.91 Å². The minimum atomic E-state index is -1.06. The van der Waals surface area contributed by atoms with Crippen LogP contribution in [0.2, 0.25) is 0 Å².